The van der Waals surface area contributed by atoms with Crippen LogP contribution in [-0.4, -0.2) is 19.5 Å². The van der Waals surface area contributed by atoms with Crippen molar-refractivity contribution < 1.29 is 18.9 Å². The molecular formula is C20H24BrNO4. The van der Waals surface area contributed by atoms with Gasteiger partial charge in [-0.3, -0.25) is 0 Å². The summed E-state index contributed by atoms with van der Waals surface area (Å²) in [6.07, 6.45) is 0.0838. The number of fused-ring (bicyclic) bond motifs is 1. The Morgan fingerprint density at radius 3 is 2.62 bits per heavy atom. The molecule has 0 atom stereocenters. The predicted molar refractivity (Wildman–Crippen MR) is 104 cm³/mol. The van der Waals surface area contributed by atoms with E-state index in [4.69, 9.17) is 18.9 Å². The quantitative estimate of drug-likeness (QED) is 0.671. The molecule has 6 heteroatoms. The van der Waals surface area contributed by atoms with Gasteiger partial charge in [0.2, 0.25) is 6.79 Å². The molecule has 0 saturated heterocycles. The fourth-order valence-corrected chi connectivity index (χ4v) is 3.32. The minimum absolute atomic E-state index is 0.0838. The molecule has 0 aliphatic carbocycles. The minimum Gasteiger partial charge on any atom is -0.490 e. The van der Waals surface area contributed by atoms with Gasteiger partial charge in [0.15, 0.2) is 23.0 Å². The molecule has 2 aromatic rings. The summed E-state index contributed by atoms with van der Waals surface area (Å²) >= 11 is 3.60. The summed E-state index contributed by atoms with van der Waals surface area (Å²) in [5, 5.41) is 3.45. The van der Waals surface area contributed by atoms with Crippen molar-refractivity contribution in [2.45, 2.75) is 40.0 Å². The van der Waals surface area contributed by atoms with Crippen LogP contribution < -0.4 is 24.3 Å². The van der Waals surface area contributed by atoms with Gasteiger partial charge in [0, 0.05) is 13.1 Å². The van der Waals surface area contributed by atoms with E-state index in [1.807, 2.05) is 45.0 Å². The van der Waals surface area contributed by atoms with Crippen molar-refractivity contribution >= 4 is 15.9 Å². The number of halogens is 1. The number of benzene rings is 2. The molecule has 3 rings (SSSR count). The van der Waals surface area contributed by atoms with E-state index in [1.165, 1.54) is 0 Å². The molecule has 1 N–H and O–H groups in total. The Labute approximate surface area is 162 Å². The number of hydrogen-bond donors (Lipinski definition) is 1. The summed E-state index contributed by atoms with van der Waals surface area (Å²) in [5.74, 6) is 3.12. The molecule has 140 valence electrons. The predicted octanol–water partition coefficient (Wildman–Crippen LogP) is 4.65. The van der Waals surface area contributed by atoms with Crippen molar-refractivity contribution in [2.24, 2.45) is 0 Å². The molecule has 0 unspecified atom stereocenters. The molecule has 1 heterocycles. The summed E-state index contributed by atoms with van der Waals surface area (Å²) in [6, 6.07) is 10.1. The van der Waals surface area contributed by atoms with Crippen LogP contribution in [0.2, 0.25) is 0 Å². The van der Waals surface area contributed by atoms with E-state index >= 15 is 0 Å². The first-order valence-corrected chi connectivity index (χ1v) is 9.57. The number of ether oxygens (including phenoxy) is 4. The summed E-state index contributed by atoms with van der Waals surface area (Å²) in [5.41, 5.74) is 2.27. The first kappa shape index (κ1) is 18.9. The minimum atomic E-state index is 0.0838. The maximum atomic E-state index is 5.88. The van der Waals surface area contributed by atoms with Crippen LogP contribution in [0.1, 0.15) is 31.9 Å². The van der Waals surface area contributed by atoms with Crippen LogP contribution in [0.15, 0.2) is 34.8 Å². The third-order valence-corrected chi connectivity index (χ3v) is 4.41. The Kier molecular flexibility index (Phi) is 6.27. The Morgan fingerprint density at radius 2 is 1.85 bits per heavy atom. The smallest absolute Gasteiger partial charge is 0.231 e. The van der Waals surface area contributed by atoms with E-state index in [2.05, 4.69) is 27.3 Å². The average Bonchev–Trinajstić information content (AvgIpc) is 3.06. The highest BCUT2D eigenvalue weighted by Crippen LogP contribution is 2.37. The standard InChI is InChI=1S/C20H24BrNO4/c1-4-23-19-9-15(7-16(21)20(19)26-13(2)3)11-22-10-14-5-6-17-18(8-14)25-12-24-17/h5-9,13,22H,4,10-12H2,1-3H3. The van der Waals surface area contributed by atoms with Gasteiger partial charge in [0.05, 0.1) is 17.2 Å². The summed E-state index contributed by atoms with van der Waals surface area (Å²) in [6.45, 7) is 8.32. The molecule has 0 amide bonds. The highest BCUT2D eigenvalue weighted by atomic mass is 79.9. The largest absolute Gasteiger partial charge is 0.490 e. The van der Waals surface area contributed by atoms with Gasteiger partial charge < -0.3 is 24.3 Å². The van der Waals surface area contributed by atoms with Crippen molar-refractivity contribution in [3.63, 3.8) is 0 Å². The lowest BCUT2D eigenvalue weighted by Crippen LogP contribution is -2.13. The third kappa shape index (κ3) is 4.62. The zero-order chi connectivity index (χ0) is 18.5. The molecule has 1 aliphatic heterocycles. The Hall–Kier alpha value is -1.92. The Balaban J connectivity index is 1.65. The topological polar surface area (TPSA) is 49.0 Å². The average molecular weight is 422 g/mol. The lowest BCUT2D eigenvalue weighted by molar-refractivity contribution is 0.174. The monoisotopic (exact) mass is 421 g/mol. The van der Waals surface area contributed by atoms with Crippen molar-refractivity contribution in [2.75, 3.05) is 13.4 Å². The van der Waals surface area contributed by atoms with Crippen molar-refractivity contribution in [1.82, 2.24) is 5.32 Å². The molecule has 0 aromatic heterocycles. The lowest BCUT2D eigenvalue weighted by Gasteiger charge is -2.17. The fourth-order valence-electron chi connectivity index (χ4n) is 2.74. The van der Waals surface area contributed by atoms with Gasteiger partial charge in [0.25, 0.3) is 0 Å². The van der Waals surface area contributed by atoms with E-state index < -0.39 is 0 Å². The summed E-state index contributed by atoms with van der Waals surface area (Å²) in [7, 11) is 0. The molecule has 2 aromatic carbocycles. The van der Waals surface area contributed by atoms with Crippen molar-refractivity contribution in [1.29, 1.82) is 0 Å². The van der Waals surface area contributed by atoms with Crippen LogP contribution in [0.4, 0.5) is 0 Å². The van der Waals surface area contributed by atoms with Crippen LogP contribution in [0.25, 0.3) is 0 Å². The third-order valence-electron chi connectivity index (χ3n) is 3.82. The summed E-state index contributed by atoms with van der Waals surface area (Å²) in [4.78, 5) is 0. The Morgan fingerprint density at radius 1 is 1.08 bits per heavy atom. The maximum absolute atomic E-state index is 5.88. The van der Waals surface area contributed by atoms with Gasteiger partial charge in [-0.2, -0.15) is 0 Å². The van der Waals surface area contributed by atoms with E-state index in [-0.39, 0.29) is 6.10 Å². The van der Waals surface area contributed by atoms with E-state index in [1.54, 1.807) is 0 Å². The van der Waals surface area contributed by atoms with Gasteiger partial charge >= 0.3 is 0 Å². The SMILES string of the molecule is CCOc1cc(CNCc2ccc3c(c2)OCO3)cc(Br)c1OC(C)C. The van der Waals surface area contributed by atoms with Gasteiger partial charge in [0.1, 0.15) is 0 Å². The molecule has 0 bridgehead atoms. The van der Waals surface area contributed by atoms with Gasteiger partial charge in [-0.15, -0.1) is 0 Å². The number of hydrogen-bond acceptors (Lipinski definition) is 5. The van der Waals surface area contributed by atoms with Gasteiger partial charge in [-0.05, 0) is 72.1 Å². The van der Waals surface area contributed by atoms with Gasteiger partial charge in [-0.1, -0.05) is 6.07 Å². The highest BCUT2D eigenvalue weighted by molar-refractivity contribution is 9.10. The van der Waals surface area contributed by atoms with Crippen molar-refractivity contribution in [3.05, 3.63) is 45.9 Å². The lowest BCUT2D eigenvalue weighted by atomic mass is 10.1. The highest BCUT2D eigenvalue weighted by Gasteiger charge is 2.15. The van der Waals surface area contributed by atoms with Crippen LogP contribution >= 0.6 is 15.9 Å². The molecular weight excluding hydrogens is 398 g/mol. The molecule has 5 nitrogen and oxygen atoms in total. The van der Waals surface area contributed by atoms with E-state index in [0.717, 1.165) is 51.7 Å². The molecule has 1 aliphatic rings. The first-order valence-electron chi connectivity index (χ1n) is 8.78. The zero-order valence-corrected chi connectivity index (χ0v) is 16.9. The van der Waals surface area contributed by atoms with Crippen LogP contribution in [0, 0.1) is 0 Å². The number of nitrogens with one attached hydrogen (secondary N) is 1. The van der Waals surface area contributed by atoms with E-state index in [0.29, 0.717) is 13.4 Å². The van der Waals surface area contributed by atoms with Crippen LogP contribution in [-0.2, 0) is 13.1 Å². The Bertz CT molecular complexity index is 764. The second-order valence-corrected chi connectivity index (χ2v) is 7.15. The molecule has 0 saturated carbocycles. The van der Waals surface area contributed by atoms with Crippen molar-refractivity contribution in [3.8, 4) is 23.0 Å². The number of rotatable bonds is 8. The summed E-state index contributed by atoms with van der Waals surface area (Å²) < 4.78 is 23.3. The van der Waals surface area contributed by atoms with Gasteiger partial charge in [-0.25, -0.2) is 0 Å². The second-order valence-electron chi connectivity index (χ2n) is 6.30. The van der Waals surface area contributed by atoms with E-state index in [9.17, 15) is 0 Å². The molecule has 26 heavy (non-hydrogen) atoms. The van der Waals surface area contributed by atoms with Crippen LogP contribution in [0.5, 0.6) is 23.0 Å². The molecule has 0 spiro atoms. The normalized spacial score (nSPS) is 12.5. The second kappa shape index (κ2) is 8.64. The molecule has 0 fully saturated rings. The first-order chi connectivity index (χ1) is 12.6. The fraction of sp³-hybridized carbons (Fsp3) is 0.400. The maximum Gasteiger partial charge on any atom is 0.231 e. The molecule has 0 radical (unpaired) electrons. The van der Waals surface area contributed by atoms with Crippen LogP contribution in [0.3, 0.4) is 0 Å². The zero-order valence-electron chi connectivity index (χ0n) is 15.3.